The predicted octanol–water partition coefficient (Wildman–Crippen LogP) is 4.37. The molecule has 3 aromatic rings. The lowest BCUT2D eigenvalue weighted by molar-refractivity contribution is 0.0526. The number of nitriles is 1. The summed E-state index contributed by atoms with van der Waals surface area (Å²) in [5.41, 5.74) is 2.03. The third kappa shape index (κ3) is 3.33. The van der Waals surface area contributed by atoms with Crippen LogP contribution in [0, 0.1) is 18.3 Å². The van der Waals surface area contributed by atoms with E-state index in [2.05, 4.69) is 6.07 Å². The van der Waals surface area contributed by atoms with Crippen molar-refractivity contribution in [2.45, 2.75) is 20.5 Å². The van der Waals surface area contributed by atoms with Crippen LogP contribution in [0.2, 0.25) is 0 Å². The highest BCUT2D eigenvalue weighted by Crippen LogP contribution is 2.33. The SMILES string of the molecule is CCOC(=O)c1c(C)oc2c(C#N)cc(OCc3ccccc3)cc12. The number of hydrogen-bond acceptors (Lipinski definition) is 5. The number of benzene rings is 2. The molecule has 0 aliphatic rings. The van der Waals surface area contributed by atoms with Crippen LogP contribution in [0.25, 0.3) is 11.0 Å². The lowest BCUT2D eigenvalue weighted by Gasteiger charge is -2.07. The van der Waals surface area contributed by atoms with Gasteiger partial charge in [-0.15, -0.1) is 0 Å². The molecule has 0 aliphatic carbocycles. The zero-order chi connectivity index (χ0) is 17.8. The van der Waals surface area contributed by atoms with Crippen molar-refractivity contribution in [1.82, 2.24) is 0 Å². The number of fused-ring (bicyclic) bond motifs is 1. The van der Waals surface area contributed by atoms with E-state index in [1.54, 1.807) is 26.0 Å². The van der Waals surface area contributed by atoms with E-state index in [0.29, 0.717) is 40.2 Å². The molecule has 0 amide bonds. The van der Waals surface area contributed by atoms with Crippen LogP contribution >= 0.6 is 0 Å². The van der Waals surface area contributed by atoms with Crippen molar-refractivity contribution in [3.63, 3.8) is 0 Å². The third-order valence-electron chi connectivity index (χ3n) is 3.79. The van der Waals surface area contributed by atoms with E-state index in [1.165, 1.54) is 0 Å². The highest BCUT2D eigenvalue weighted by atomic mass is 16.5. The first-order chi connectivity index (χ1) is 12.1. The van der Waals surface area contributed by atoms with Crippen LogP contribution in [-0.2, 0) is 11.3 Å². The predicted molar refractivity (Wildman–Crippen MR) is 92.4 cm³/mol. The monoisotopic (exact) mass is 335 g/mol. The van der Waals surface area contributed by atoms with Gasteiger partial charge in [-0.1, -0.05) is 30.3 Å². The summed E-state index contributed by atoms with van der Waals surface area (Å²) in [5.74, 6) is 0.451. The largest absolute Gasteiger partial charge is 0.489 e. The first kappa shape index (κ1) is 16.6. The van der Waals surface area contributed by atoms with Crippen LogP contribution in [-0.4, -0.2) is 12.6 Å². The van der Waals surface area contributed by atoms with E-state index in [4.69, 9.17) is 13.9 Å². The normalized spacial score (nSPS) is 10.4. The van der Waals surface area contributed by atoms with Gasteiger partial charge in [0.1, 0.15) is 29.7 Å². The zero-order valence-electron chi connectivity index (χ0n) is 14.0. The number of nitrogens with zero attached hydrogens (tertiary/aromatic N) is 1. The molecule has 0 bridgehead atoms. The molecule has 3 rings (SSSR count). The number of ether oxygens (including phenoxy) is 2. The van der Waals surface area contributed by atoms with Crippen molar-refractivity contribution in [3.8, 4) is 11.8 Å². The zero-order valence-corrected chi connectivity index (χ0v) is 14.0. The van der Waals surface area contributed by atoms with Gasteiger partial charge in [-0.2, -0.15) is 5.26 Å². The van der Waals surface area contributed by atoms with Crippen LogP contribution in [0.4, 0.5) is 0 Å². The van der Waals surface area contributed by atoms with Crippen molar-refractivity contribution in [2.75, 3.05) is 6.61 Å². The maximum absolute atomic E-state index is 12.2. The number of furan rings is 1. The van der Waals surface area contributed by atoms with E-state index in [-0.39, 0.29) is 6.61 Å². The van der Waals surface area contributed by atoms with Gasteiger partial charge in [-0.3, -0.25) is 0 Å². The maximum Gasteiger partial charge on any atom is 0.342 e. The molecule has 2 aromatic carbocycles. The summed E-state index contributed by atoms with van der Waals surface area (Å²) >= 11 is 0. The van der Waals surface area contributed by atoms with Gasteiger partial charge in [-0.25, -0.2) is 4.79 Å². The average molecular weight is 335 g/mol. The third-order valence-corrected chi connectivity index (χ3v) is 3.79. The topological polar surface area (TPSA) is 72.5 Å². The van der Waals surface area contributed by atoms with Gasteiger partial charge in [0, 0.05) is 11.5 Å². The van der Waals surface area contributed by atoms with Crippen molar-refractivity contribution in [3.05, 3.63) is 64.9 Å². The minimum absolute atomic E-state index is 0.264. The Morgan fingerprint density at radius 1 is 1.24 bits per heavy atom. The second-order valence-electron chi connectivity index (χ2n) is 5.49. The fourth-order valence-corrected chi connectivity index (χ4v) is 2.66. The fourth-order valence-electron chi connectivity index (χ4n) is 2.66. The summed E-state index contributed by atoms with van der Waals surface area (Å²) in [6.45, 7) is 4.05. The standard InChI is InChI=1S/C20H17NO4/c1-3-23-20(22)18-13(2)25-19-15(11-21)9-16(10-17(18)19)24-12-14-7-5-4-6-8-14/h4-10H,3,12H2,1-2H3. The molecule has 5 heteroatoms. The molecule has 0 atom stereocenters. The Balaban J connectivity index is 2.01. The summed E-state index contributed by atoms with van der Waals surface area (Å²) in [5, 5.41) is 9.93. The molecule has 0 aliphatic heterocycles. The Kier molecular flexibility index (Phi) is 4.71. The number of aryl methyl sites for hydroxylation is 1. The number of esters is 1. The Morgan fingerprint density at radius 3 is 2.68 bits per heavy atom. The molecule has 25 heavy (non-hydrogen) atoms. The van der Waals surface area contributed by atoms with Crippen molar-refractivity contribution in [2.24, 2.45) is 0 Å². The van der Waals surface area contributed by atoms with Gasteiger partial charge in [0.25, 0.3) is 0 Å². The van der Waals surface area contributed by atoms with E-state index < -0.39 is 5.97 Å². The number of rotatable bonds is 5. The van der Waals surface area contributed by atoms with E-state index >= 15 is 0 Å². The van der Waals surface area contributed by atoms with Crippen LogP contribution in [0.1, 0.15) is 34.2 Å². The van der Waals surface area contributed by atoms with Crippen molar-refractivity contribution >= 4 is 16.9 Å². The first-order valence-corrected chi connectivity index (χ1v) is 7.95. The molecule has 0 fully saturated rings. The number of hydrogen-bond donors (Lipinski definition) is 0. The molecule has 0 spiro atoms. The smallest absolute Gasteiger partial charge is 0.342 e. The minimum atomic E-state index is -0.470. The Morgan fingerprint density at radius 2 is 2.00 bits per heavy atom. The Labute approximate surface area is 145 Å². The van der Waals surface area contributed by atoms with Crippen LogP contribution in [0.5, 0.6) is 5.75 Å². The highest BCUT2D eigenvalue weighted by Gasteiger charge is 2.22. The molecule has 0 unspecified atom stereocenters. The quantitative estimate of drug-likeness (QED) is 0.647. The lowest BCUT2D eigenvalue weighted by Crippen LogP contribution is -2.05. The minimum Gasteiger partial charge on any atom is -0.489 e. The molecule has 126 valence electrons. The fraction of sp³-hybridized carbons (Fsp3) is 0.200. The molecule has 0 saturated carbocycles. The van der Waals surface area contributed by atoms with E-state index in [1.807, 2.05) is 30.3 Å². The Hall–Kier alpha value is -3.26. The second kappa shape index (κ2) is 7.10. The molecule has 1 heterocycles. The van der Waals surface area contributed by atoms with E-state index in [9.17, 15) is 10.1 Å². The summed E-state index contributed by atoms with van der Waals surface area (Å²) in [7, 11) is 0. The summed E-state index contributed by atoms with van der Waals surface area (Å²) in [4.78, 5) is 12.2. The summed E-state index contributed by atoms with van der Waals surface area (Å²) in [6.07, 6.45) is 0. The molecule has 0 N–H and O–H groups in total. The average Bonchev–Trinajstić information content (AvgIpc) is 2.96. The van der Waals surface area contributed by atoms with Crippen LogP contribution in [0.3, 0.4) is 0 Å². The molecule has 0 saturated heterocycles. The number of carbonyl (C=O) groups is 1. The first-order valence-electron chi connectivity index (χ1n) is 7.95. The van der Waals surface area contributed by atoms with Crippen molar-refractivity contribution in [1.29, 1.82) is 5.26 Å². The lowest BCUT2D eigenvalue weighted by atomic mass is 10.1. The van der Waals surface area contributed by atoms with Crippen LogP contribution in [0.15, 0.2) is 46.9 Å². The maximum atomic E-state index is 12.2. The van der Waals surface area contributed by atoms with Gasteiger partial charge >= 0.3 is 5.97 Å². The number of carbonyl (C=O) groups excluding carboxylic acids is 1. The summed E-state index contributed by atoms with van der Waals surface area (Å²) < 4.78 is 16.5. The molecule has 0 radical (unpaired) electrons. The molecule has 5 nitrogen and oxygen atoms in total. The highest BCUT2D eigenvalue weighted by molar-refractivity contribution is 6.06. The van der Waals surface area contributed by atoms with Gasteiger partial charge in [0.15, 0.2) is 5.58 Å². The molecule has 1 aromatic heterocycles. The molecular weight excluding hydrogens is 318 g/mol. The van der Waals surface area contributed by atoms with E-state index in [0.717, 1.165) is 5.56 Å². The summed E-state index contributed by atoms with van der Waals surface area (Å²) in [6, 6.07) is 15.1. The van der Waals surface area contributed by atoms with Gasteiger partial charge < -0.3 is 13.9 Å². The van der Waals surface area contributed by atoms with Gasteiger partial charge in [0.2, 0.25) is 0 Å². The van der Waals surface area contributed by atoms with Crippen molar-refractivity contribution < 1.29 is 18.7 Å². The molecular formula is C20H17NO4. The Bertz CT molecular complexity index is 951. The second-order valence-corrected chi connectivity index (χ2v) is 5.49. The van der Waals surface area contributed by atoms with Crippen LogP contribution < -0.4 is 4.74 Å². The van der Waals surface area contributed by atoms with Gasteiger partial charge in [0.05, 0.1) is 12.2 Å². The van der Waals surface area contributed by atoms with Gasteiger partial charge in [-0.05, 0) is 25.5 Å².